The average Bonchev–Trinajstić information content (AvgIpc) is 2.82. The second-order valence-electron chi connectivity index (χ2n) is 7.49. The number of esters is 1. The summed E-state index contributed by atoms with van der Waals surface area (Å²) in [7, 11) is 1.42. The van der Waals surface area contributed by atoms with Gasteiger partial charge in [-0.1, -0.05) is 86.3 Å². The van der Waals surface area contributed by atoms with E-state index < -0.39 is 0 Å². The number of aryl methyl sites for hydroxylation is 1. The summed E-state index contributed by atoms with van der Waals surface area (Å²) < 4.78 is 6.13. The van der Waals surface area contributed by atoms with E-state index in [4.69, 9.17) is 0 Å². The van der Waals surface area contributed by atoms with Crippen LogP contribution in [0.15, 0.2) is 65.5 Å². The Morgan fingerprint density at radius 3 is 1.97 bits per heavy atom. The van der Waals surface area contributed by atoms with Gasteiger partial charge in [0.15, 0.2) is 0 Å². The molecule has 0 fully saturated rings. The Hall–Kier alpha value is -3.28. The third-order valence-corrected chi connectivity index (χ3v) is 5.20. The zero-order chi connectivity index (χ0) is 21.9. The molecule has 0 aliphatic rings. The van der Waals surface area contributed by atoms with Crippen LogP contribution in [0.1, 0.15) is 44.9 Å². The number of methoxy groups -OCH3 is 1. The molecule has 0 saturated heterocycles. The second-order valence-corrected chi connectivity index (χ2v) is 7.49. The third kappa shape index (κ3) is 6.60. The Morgan fingerprint density at radius 1 is 0.806 bits per heavy atom. The van der Waals surface area contributed by atoms with Crippen LogP contribution in [0.25, 0.3) is 22.5 Å². The van der Waals surface area contributed by atoms with Gasteiger partial charge in [0.2, 0.25) is 0 Å². The minimum atomic E-state index is -0.323. The summed E-state index contributed by atoms with van der Waals surface area (Å²) >= 11 is 0. The maximum absolute atomic E-state index is 12.6. The minimum absolute atomic E-state index is 0.147. The van der Waals surface area contributed by atoms with Crippen molar-refractivity contribution < 1.29 is 9.53 Å². The number of nitrogens with zero attached hydrogens (tertiary/aromatic N) is 3. The third-order valence-electron chi connectivity index (χ3n) is 5.20. The van der Waals surface area contributed by atoms with E-state index in [2.05, 4.69) is 14.8 Å². The minimum Gasteiger partial charge on any atom is -0.469 e. The van der Waals surface area contributed by atoms with Crippen molar-refractivity contribution in [3.63, 3.8) is 0 Å². The van der Waals surface area contributed by atoms with Crippen molar-refractivity contribution in [1.82, 2.24) is 14.8 Å². The maximum atomic E-state index is 12.6. The number of benzene rings is 2. The fourth-order valence-electron chi connectivity index (χ4n) is 3.49. The molecule has 2 aromatic carbocycles. The van der Waals surface area contributed by atoms with Gasteiger partial charge in [0, 0.05) is 24.1 Å². The highest BCUT2D eigenvalue weighted by Crippen LogP contribution is 2.27. The van der Waals surface area contributed by atoms with Gasteiger partial charge in [-0.05, 0) is 12.8 Å². The van der Waals surface area contributed by atoms with Crippen LogP contribution in [0.3, 0.4) is 0 Å². The van der Waals surface area contributed by atoms with Gasteiger partial charge in [0.1, 0.15) is 11.4 Å². The van der Waals surface area contributed by atoms with Gasteiger partial charge >= 0.3 is 11.7 Å². The molecule has 0 amide bonds. The molecule has 0 N–H and O–H groups in total. The number of hydrogen-bond donors (Lipinski definition) is 0. The van der Waals surface area contributed by atoms with Crippen LogP contribution in [-0.2, 0) is 16.1 Å². The molecule has 1 heterocycles. The number of aromatic nitrogens is 3. The number of ether oxygens (including phenoxy) is 1. The molecule has 0 atom stereocenters. The number of carbonyl (C=O) groups is 1. The molecule has 0 unspecified atom stereocenters. The lowest BCUT2D eigenvalue weighted by atomic mass is 10.0. The van der Waals surface area contributed by atoms with Crippen LogP contribution < -0.4 is 5.69 Å². The van der Waals surface area contributed by atoms with Crippen LogP contribution in [0.5, 0.6) is 0 Å². The van der Waals surface area contributed by atoms with Crippen molar-refractivity contribution in [3.8, 4) is 22.5 Å². The number of rotatable bonds is 11. The average molecular weight is 420 g/mol. The largest absolute Gasteiger partial charge is 0.469 e. The van der Waals surface area contributed by atoms with E-state index in [-0.39, 0.29) is 11.7 Å². The van der Waals surface area contributed by atoms with Gasteiger partial charge < -0.3 is 4.74 Å². The van der Waals surface area contributed by atoms with Crippen molar-refractivity contribution in [2.45, 2.75) is 51.5 Å². The Morgan fingerprint density at radius 2 is 1.35 bits per heavy atom. The van der Waals surface area contributed by atoms with Crippen molar-refractivity contribution in [2.24, 2.45) is 0 Å². The van der Waals surface area contributed by atoms with Gasteiger partial charge in [0.05, 0.1) is 7.11 Å². The Bertz CT molecular complexity index is 1020. The molecule has 1 aromatic heterocycles. The van der Waals surface area contributed by atoms with Crippen LogP contribution >= 0.6 is 0 Å². The normalized spacial score (nSPS) is 10.7. The Kier molecular flexibility index (Phi) is 8.52. The molecule has 0 aliphatic carbocycles. The van der Waals surface area contributed by atoms with Gasteiger partial charge in [-0.3, -0.25) is 4.79 Å². The molecule has 0 aliphatic heterocycles. The molecule has 0 saturated carbocycles. The molecule has 6 heteroatoms. The highest BCUT2D eigenvalue weighted by atomic mass is 16.5. The predicted octanol–water partition coefficient (Wildman–Crippen LogP) is 4.88. The number of unbranched alkanes of at least 4 members (excludes halogenated alkanes) is 5. The van der Waals surface area contributed by atoms with Crippen molar-refractivity contribution in [1.29, 1.82) is 0 Å². The first kappa shape index (κ1) is 22.4. The van der Waals surface area contributed by atoms with Crippen molar-refractivity contribution in [3.05, 3.63) is 71.1 Å². The monoisotopic (exact) mass is 419 g/mol. The van der Waals surface area contributed by atoms with Crippen LogP contribution in [0.4, 0.5) is 0 Å². The molecule has 0 radical (unpaired) electrons. The first-order chi connectivity index (χ1) is 15.2. The van der Waals surface area contributed by atoms with E-state index in [1.807, 2.05) is 60.7 Å². The highest BCUT2D eigenvalue weighted by molar-refractivity contribution is 5.77. The maximum Gasteiger partial charge on any atom is 0.364 e. The lowest BCUT2D eigenvalue weighted by Crippen LogP contribution is -2.27. The van der Waals surface area contributed by atoms with E-state index in [9.17, 15) is 9.59 Å². The molecule has 162 valence electrons. The lowest BCUT2D eigenvalue weighted by Gasteiger charge is -2.11. The summed E-state index contributed by atoms with van der Waals surface area (Å²) in [4.78, 5) is 28.1. The van der Waals surface area contributed by atoms with E-state index in [0.29, 0.717) is 24.4 Å². The van der Waals surface area contributed by atoms with E-state index >= 15 is 0 Å². The van der Waals surface area contributed by atoms with Crippen molar-refractivity contribution >= 4 is 5.97 Å². The predicted molar refractivity (Wildman–Crippen MR) is 121 cm³/mol. The topological polar surface area (TPSA) is 74.1 Å². The fourth-order valence-corrected chi connectivity index (χ4v) is 3.49. The SMILES string of the molecule is COC(=O)CCCCCCCCn1nc(-c2ccccc2)c(-c2ccccc2)nc1=O. The number of hydrogen-bond acceptors (Lipinski definition) is 5. The molecular weight excluding hydrogens is 390 g/mol. The Labute approximate surface area is 182 Å². The Balaban J connectivity index is 1.64. The quantitative estimate of drug-likeness (QED) is 0.327. The molecule has 0 bridgehead atoms. The zero-order valence-corrected chi connectivity index (χ0v) is 18.0. The van der Waals surface area contributed by atoms with E-state index in [1.54, 1.807) is 0 Å². The van der Waals surface area contributed by atoms with Gasteiger partial charge in [-0.2, -0.15) is 10.1 Å². The number of carbonyl (C=O) groups excluding carboxylic acids is 1. The van der Waals surface area contributed by atoms with Gasteiger partial charge in [0.25, 0.3) is 0 Å². The van der Waals surface area contributed by atoms with Gasteiger partial charge in [-0.25, -0.2) is 9.48 Å². The summed E-state index contributed by atoms with van der Waals surface area (Å²) in [6.45, 7) is 0.545. The van der Waals surface area contributed by atoms with E-state index in [0.717, 1.165) is 49.7 Å². The highest BCUT2D eigenvalue weighted by Gasteiger charge is 2.14. The molecule has 3 rings (SSSR count). The summed E-state index contributed by atoms with van der Waals surface area (Å²) in [5.74, 6) is -0.147. The lowest BCUT2D eigenvalue weighted by molar-refractivity contribution is -0.140. The first-order valence-corrected chi connectivity index (χ1v) is 10.9. The zero-order valence-electron chi connectivity index (χ0n) is 18.0. The van der Waals surface area contributed by atoms with Crippen LogP contribution in [-0.4, -0.2) is 27.8 Å². The van der Waals surface area contributed by atoms with Gasteiger partial charge in [-0.15, -0.1) is 0 Å². The first-order valence-electron chi connectivity index (χ1n) is 10.9. The van der Waals surface area contributed by atoms with Crippen LogP contribution in [0.2, 0.25) is 0 Å². The molecule has 0 spiro atoms. The summed E-state index contributed by atoms with van der Waals surface area (Å²) in [6, 6.07) is 19.5. The van der Waals surface area contributed by atoms with E-state index in [1.165, 1.54) is 11.8 Å². The molecule has 31 heavy (non-hydrogen) atoms. The smallest absolute Gasteiger partial charge is 0.364 e. The standard InChI is InChI=1S/C25H29N3O3/c1-31-22(29)18-12-4-2-3-5-13-19-28-25(30)26-23(20-14-8-6-9-15-20)24(27-28)21-16-10-7-11-17-21/h6-11,14-17H,2-5,12-13,18-19H2,1H3. The second kappa shape index (κ2) is 11.8. The summed E-state index contributed by atoms with van der Waals surface area (Å²) in [5, 5.41) is 4.69. The summed E-state index contributed by atoms with van der Waals surface area (Å²) in [6.07, 6.45) is 6.37. The molecule has 6 nitrogen and oxygen atoms in total. The molecular formula is C25H29N3O3. The van der Waals surface area contributed by atoms with Crippen molar-refractivity contribution in [2.75, 3.05) is 7.11 Å². The molecule has 3 aromatic rings. The fraction of sp³-hybridized carbons (Fsp3) is 0.360. The van der Waals surface area contributed by atoms with Crippen LogP contribution in [0, 0.1) is 0 Å². The summed E-state index contributed by atoms with van der Waals surface area (Å²) in [5.41, 5.74) is 2.82.